The summed E-state index contributed by atoms with van der Waals surface area (Å²) in [4.78, 5) is 14.6. The first-order chi connectivity index (χ1) is 12.8. The molecule has 144 valence electrons. The first kappa shape index (κ1) is 19.4. The van der Waals surface area contributed by atoms with Crippen LogP contribution in [0.1, 0.15) is 22.8 Å². The average Bonchev–Trinajstić information content (AvgIpc) is 2.67. The number of amides is 1. The van der Waals surface area contributed by atoms with E-state index in [0.29, 0.717) is 30.9 Å². The third-order valence-corrected chi connectivity index (χ3v) is 6.45. The molecule has 7 heteroatoms. The molecule has 3 rings (SSSR count). The lowest BCUT2D eigenvalue weighted by molar-refractivity contribution is -0.0124. The summed E-state index contributed by atoms with van der Waals surface area (Å²) in [6.07, 6.45) is -0.0257. The largest absolute Gasteiger partial charge is 0.375 e. The van der Waals surface area contributed by atoms with Crippen LogP contribution >= 0.6 is 0 Å². The molecule has 1 heterocycles. The van der Waals surface area contributed by atoms with Crippen LogP contribution in [0.25, 0.3) is 0 Å². The molecule has 1 aliphatic heterocycles. The van der Waals surface area contributed by atoms with Crippen molar-refractivity contribution in [3.63, 3.8) is 0 Å². The van der Waals surface area contributed by atoms with E-state index in [1.807, 2.05) is 26.0 Å². The lowest BCUT2D eigenvalue weighted by Crippen LogP contribution is -2.44. The molecule has 1 amide bonds. The lowest BCUT2D eigenvalue weighted by atomic mass is 10.2. The summed E-state index contributed by atoms with van der Waals surface area (Å²) >= 11 is 0. The molecule has 1 saturated heterocycles. The van der Waals surface area contributed by atoms with Gasteiger partial charge in [0.05, 0.1) is 23.3 Å². The molecule has 1 unspecified atom stereocenters. The maximum atomic E-state index is 13.0. The maximum absolute atomic E-state index is 13.0. The highest BCUT2D eigenvalue weighted by atomic mass is 32.2. The van der Waals surface area contributed by atoms with Gasteiger partial charge in [-0.15, -0.1) is 0 Å². The van der Waals surface area contributed by atoms with Gasteiger partial charge in [0.1, 0.15) is 0 Å². The molecule has 0 saturated carbocycles. The molecular formula is C20H24N2O4S. The number of morpholine rings is 1. The SMILES string of the molecule is Cc1ccc(N(C)S(=O)(=O)c2cccc(C(=O)N3CCOC(C)C3)c2)cc1. The standard InChI is InChI=1S/C20H24N2O4S/c1-15-7-9-18(10-8-15)21(3)27(24,25)19-6-4-5-17(13-19)20(23)22-11-12-26-16(2)14-22/h4-10,13,16H,11-12,14H2,1-3H3. The summed E-state index contributed by atoms with van der Waals surface area (Å²) in [7, 11) is -2.25. The Morgan fingerprint density at radius 3 is 2.56 bits per heavy atom. The number of hydrogen-bond donors (Lipinski definition) is 0. The fraction of sp³-hybridized carbons (Fsp3) is 0.350. The van der Waals surface area contributed by atoms with Crippen molar-refractivity contribution in [3.05, 3.63) is 59.7 Å². The van der Waals surface area contributed by atoms with Crippen LogP contribution in [0.15, 0.2) is 53.4 Å². The van der Waals surface area contributed by atoms with Gasteiger partial charge in [0, 0.05) is 25.7 Å². The van der Waals surface area contributed by atoms with Crippen LogP contribution in [0, 0.1) is 6.92 Å². The molecule has 1 atom stereocenters. The van der Waals surface area contributed by atoms with Crippen LogP contribution in [-0.2, 0) is 14.8 Å². The number of benzene rings is 2. The number of aryl methyl sites for hydroxylation is 1. The minimum Gasteiger partial charge on any atom is -0.375 e. The molecule has 0 spiro atoms. The van der Waals surface area contributed by atoms with Crippen LogP contribution in [-0.4, -0.2) is 52.1 Å². The van der Waals surface area contributed by atoms with Gasteiger partial charge in [-0.05, 0) is 44.2 Å². The fourth-order valence-corrected chi connectivity index (χ4v) is 4.27. The Morgan fingerprint density at radius 2 is 1.89 bits per heavy atom. The minimum absolute atomic E-state index is 0.0257. The highest BCUT2D eigenvalue weighted by Crippen LogP contribution is 2.23. The van der Waals surface area contributed by atoms with Crippen LogP contribution in [0.3, 0.4) is 0 Å². The molecule has 27 heavy (non-hydrogen) atoms. The van der Waals surface area contributed by atoms with Crippen molar-refractivity contribution in [1.82, 2.24) is 4.90 Å². The van der Waals surface area contributed by atoms with Crippen molar-refractivity contribution < 1.29 is 17.9 Å². The molecule has 1 fully saturated rings. The summed E-state index contributed by atoms with van der Waals surface area (Å²) < 4.78 is 32.7. The van der Waals surface area contributed by atoms with Gasteiger partial charge in [0.2, 0.25) is 0 Å². The number of sulfonamides is 1. The Labute approximate surface area is 160 Å². The summed E-state index contributed by atoms with van der Waals surface area (Å²) in [5.41, 5.74) is 1.98. The average molecular weight is 388 g/mol. The number of ether oxygens (including phenoxy) is 1. The first-order valence-corrected chi connectivity index (χ1v) is 10.3. The summed E-state index contributed by atoms with van der Waals surface area (Å²) in [5.74, 6) is -0.180. The van der Waals surface area contributed by atoms with Crippen LogP contribution in [0.4, 0.5) is 5.69 Å². The van der Waals surface area contributed by atoms with Crippen molar-refractivity contribution in [3.8, 4) is 0 Å². The molecule has 0 bridgehead atoms. The highest BCUT2D eigenvalue weighted by molar-refractivity contribution is 7.92. The van der Waals surface area contributed by atoms with Gasteiger partial charge in [-0.25, -0.2) is 8.42 Å². The van der Waals surface area contributed by atoms with Crippen molar-refractivity contribution in [1.29, 1.82) is 0 Å². The van der Waals surface area contributed by atoms with E-state index in [2.05, 4.69) is 0 Å². The Balaban J connectivity index is 1.87. The van der Waals surface area contributed by atoms with Crippen molar-refractivity contribution >= 4 is 21.6 Å². The van der Waals surface area contributed by atoms with Crippen LogP contribution in [0.2, 0.25) is 0 Å². The van der Waals surface area contributed by atoms with E-state index < -0.39 is 10.0 Å². The number of nitrogens with zero attached hydrogens (tertiary/aromatic N) is 2. The van der Waals surface area contributed by atoms with Crippen LogP contribution < -0.4 is 4.31 Å². The number of hydrogen-bond acceptors (Lipinski definition) is 4. The second-order valence-electron chi connectivity index (χ2n) is 6.77. The van der Waals surface area contributed by atoms with E-state index in [-0.39, 0.29) is 16.9 Å². The van der Waals surface area contributed by atoms with Crippen LogP contribution in [0.5, 0.6) is 0 Å². The maximum Gasteiger partial charge on any atom is 0.264 e. The van der Waals surface area contributed by atoms with E-state index >= 15 is 0 Å². The molecule has 6 nitrogen and oxygen atoms in total. The highest BCUT2D eigenvalue weighted by Gasteiger charge is 2.25. The predicted molar refractivity (Wildman–Crippen MR) is 105 cm³/mol. The van der Waals surface area contributed by atoms with Gasteiger partial charge in [0.15, 0.2) is 0 Å². The molecule has 0 aromatic heterocycles. The van der Waals surface area contributed by atoms with Gasteiger partial charge < -0.3 is 9.64 Å². The monoisotopic (exact) mass is 388 g/mol. The molecule has 1 aliphatic rings. The fourth-order valence-electron chi connectivity index (χ4n) is 3.03. The smallest absolute Gasteiger partial charge is 0.264 e. The summed E-state index contributed by atoms with van der Waals surface area (Å²) in [6.45, 7) is 5.35. The lowest BCUT2D eigenvalue weighted by Gasteiger charge is -2.31. The quantitative estimate of drug-likeness (QED) is 0.808. The van der Waals surface area contributed by atoms with E-state index in [1.165, 1.54) is 23.5 Å². The van der Waals surface area contributed by atoms with Crippen molar-refractivity contribution in [2.24, 2.45) is 0 Å². The van der Waals surface area contributed by atoms with E-state index in [0.717, 1.165) is 5.56 Å². The normalized spacial score (nSPS) is 17.6. The topological polar surface area (TPSA) is 66.9 Å². The van der Waals surface area contributed by atoms with Crippen molar-refractivity contribution in [2.45, 2.75) is 24.8 Å². The predicted octanol–water partition coefficient (Wildman–Crippen LogP) is 2.68. The molecule has 2 aromatic carbocycles. The van der Waals surface area contributed by atoms with E-state index in [1.54, 1.807) is 29.2 Å². The Morgan fingerprint density at radius 1 is 1.19 bits per heavy atom. The van der Waals surface area contributed by atoms with E-state index in [4.69, 9.17) is 4.74 Å². The third kappa shape index (κ3) is 4.14. The molecule has 0 radical (unpaired) electrons. The number of carbonyl (C=O) groups is 1. The molecular weight excluding hydrogens is 364 g/mol. The number of anilines is 1. The second-order valence-corrected chi connectivity index (χ2v) is 8.74. The zero-order chi connectivity index (χ0) is 19.6. The molecule has 0 N–H and O–H groups in total. The van der Waals surface area contributed by atoms with Crippen molar-refractivity contribution in [2.75, 3.05) is 31.0 Å². The zero-order valence-electron chi connectivity index (χ0n) is 15.8. The van der Waals surface area contributed by atoms with Gasteiger partial charge in [-0.1, -0.05) is 23.8 Å². The van der Waals surface area contributed by atoms with Gasteiger partial charge in [-0.2, -0.15) is 0 Å². The summed E-state index contributed by atoms with van der Waals surface area (Å²) in [6, 6.07) is 13.5. The minimum atomic E-state index is -3.76. The first-order valence-electron chi connectivity index (χ1n) is 8.85. The Kier molecular flexibility index (Phi) is 5.53. The van der Waals surface area contributed by atoms with Gasteiger partial charge >= 0.3 is 0 Å². The van der Waals surface area contributed by atoms with Gasteiger partial charge in [-0.3, -0.25) is 9.10 Å². The zero-order valence-corrected chi connectivity index (χ0v) is 16.6. The Hall–Kier alpha value is -2.38. The Bertz CT molecular complexity index is 925. The number of carbonyl (C=O) groups excluding carboxylic acids is 1. The summed E-state index contributed by atoms with van der Waals surface area (Å²) in [5, 5.41) is 0. The molecule has 0 aliphatic carbocycles. The van der Waals surface area contributed by atoms with E-state index in [9.17, 15) is 13.2 Å². The third-order valence-electron chi connectivity index (χ3n) is 4.67. The number of rotatable bonds is 4. The van der Waals surface area contributed by atoms with Gasteiger partial charge in [0.25, 0.3) is 15.9 Å². The molecule has 2 aromatic rings. The second kappa shape index (κ2) is 7.70.